The zero-order chi connectivity index (χ0) is 13.2. The Labute approximate surface area is 97.6 Å². The lowest BCUT2D eigenvalue weighted by atomic mass is 10.1. The van der Waals surface area contributed by atoms with Crippen LogP contribution in [0.1, 0.15) is 19.4 Å². The van der Waals surface area contributed by atoms with E-state index in [-0.39, 0.29) is 11.5 Å². The molecule has 7 heteroatoms. The summed E-state index contributed by atoms with van der Waals surface area (Å²) in [6, 6.07) is 1.22. The number of carbonyl (C=O) groups is 1. The van der Waals surface area contributed by atoms with Crippen molar-refractivity contribution in [2.45, 2.75) is 26.3 Å². The molecule has 0 unspecified atom stereocenters. The number of nitrogens with zero attached hydrogens (tertiary/aromatic N) is 2. The first-order valence-electron chi connectivity index (χ1n) is 4.86. The van der Waals surface area contributed by atoms with Gasteiger partial charge in [0.25, 0.3) is 5.69 Å². The Hall–Kier alpha value is -2.18. The number of carboxylic acids is 1. The van der Waals surface area contributed by atoms with Crippen LogP contribution in [0.5, 0.6) is 0 Å². The Kier molecular flexibility index (Phi) is 3.31. The Morgan fingerprint density at radius 2 is 2.18 bits per heavy atom. The Morgan fingerprint density at radius 1 is 1.59 bits per heavy atom. The van der Waals surface area contributed by atoms with E-state index >= 15 is 0 Å². The molecule has 0 spiro atoms. The number of aryl methyl sites for hydroxylation is 1. The molecule has 0 saturated heterocycles. The minimum Gasteiger partial charge on any atom is -0.480 e. The number of hydrogen-bond donors (Lipinski definition) is 2. The van der Waals surface area contributed by atoms with Gasteiger partial charge in [0.2, 0.25) is 0 Å². The highest BCUT2D eigenvalue weighted by molar-refractivity contribution is 5.81. The molecule has 7 nitrogen and oxygen atoms in total. The SMILES string of the molecule is Cc1cnc(NC(C)(C)C(=O)O)cc1[N+](=O)[O-]. The van der Waals surface area contributed by atoms with Gasteiger partial charge in [-0.05, 0) is 20.8 Å². The van der Waals surface area contributed by atoms with Gasteiger partial charge >= 0.3 is 5.97 Å². The first-order valence-corrected chi connectivity index (χ1v) is 4.86. The van der Waals surface area contributed by atoms with Crippen molar-refractivity contribution in [3.8, 4) is 0 Å². The molecule has 92 valence electrons. The van der Waals surface area contributed by atoms with Gasteiger partial charge in [-0.3, -0.25) is 10.1 Å². The van der Waals surface area contributed by atoms with Crippen LogP contribution < -0.4 is 5.32 Å². The maximum absolute atomic E-state index is 10.9. The molecule has 1 heterocycles. The molecule has 0 aliphatic rings. The summed E-state index contributed by atoms with van der Waals surface area (Å²) < 4.78 is 0. The molecule has 1 rings (SSSR count). The summed E-state index contributed by atoms with van der Waals surface area (Å²) in [5.41, 5.74) is -0.909. The van der Waals surface area contributed by atoms with Gasteiger partial charge < -0.3 is 10.4 Å². The van der Waals surface area contributed by atoms with E-state index in [1.54, 1.807) is 6.92 Å². The third-order valence-corrected chi connectivity index (χ3v) is 2.25. The Morgan fingerprint density at radius 3 is 2.65 bits per heavy atom. The minimum absolute atomic E-state index is 0.0938. The number of aliphatic carboxylic acids is 1. The number of aromatic nitrogens is 1. The fourth-order valence-electron chi connectivity index (χ4n) is 1.15. The second-order valence-electron chi connectivity index (χ2n) is 4.17. The van der Waals surface area contributed by atoms with Crippen LogP contribution in [0.25, 0.3) is 0 Å². The monoisotopic (exact) mass is 239 g/mol. The molecule has 17 heavy (non-hydrogen) atoms. The normalized spacial score (nSPS) is 11.0. The van der Waals surface area contributed by atoms with Crippen molar-refractivity contribution < 1.29 is 14.8 Å². The van der Waals surface area contributed by atoms with Crippen molar-refractivity contribution >= 4 is 17.5 Å². The standard InChI is InChI=1S/C10H13N3O4/c1-6-5-11-8(4-7(6)13(16)17)12-10(2,3)9(14)15/h4-5H,1-3H3,(H,11,12)(H,14,15). The van der Waals surface area contributed by atoms with E-state index in [0.717, 1.165) is 0 Å². The van der Waals surface area contributed by atoms with Gasteiger partial charge in [0.05, 0.1) is 11.0 Å². The van der Waals surface area contributed by atoms with Gasteiger partial charge in [-0.15, -0.1) is 0 Å². The van der Waals surface area contributed by atoms with E-state index in [1.807, 2.05) is 0 Å². The molecule has 1 aromatic rings. The molecular weight excluding hydrogens is 226 g/mol. The number of rotatable bonds is 4. The number of nitro groups is 1. The van der Waals surface area contributed by atoms with E-state index in [9.17, 15) is 14.9 Å². The smallest absolute Gasteiger partial charge is 0.328 e. The van der Waals surface area contributed by atoms with E-state index in [0.29, 0.717) is 5.56 Å². The topological polar surface area (TPSA) is 105 Å². The second-order valence-corrected chi connectivity index (χ2v) is 4.17. The van der Waals surface area contributed by atoms with Crippen LogP contribution in [-0.2, 0) is 4.79 Å². The van der Waals surface area contributed by atoms with Crippen LogP contribution in [0.3, 0.4) is 0 Å². The van der Waals surface area contributed by atoms with Gasteiger partial charge in [0, 0.05) is 11.8 Å². The second kappa shape index (κ2) is 4.36. The molecule has 0 saturated carbocycles. The highest BCUT2D eigenvalue weighted by Crippen LogP contribution is 2.22. The third-order valence-electron chi connectivity index (χ3n) is 2.25. The van der Waals surface area contributed by atoms with Gasteiger partial charge in [-0.1, -0.05) is 0 Å². The average molecular weight is 239 g/mol. The minimum atomic E-state index is -1.24. The van der Waals surface area contributed by atoms with E-state index in [4.69, 9.17) is 5.11 Å². The molecule has 0 bridgehead atoms. The summed E-state index contributed by atoms with van der Waals surface area (Å²) in [6.07, 6.45) is 1.33. The maximum Gasteiger partial charge on any atom is 0.328 e. The van der Waals surface area contributed by atoms with Crippen LogP contribution in [0.4, 0.5) is 11.5 Å². The molecule has 0 amide bonds. The summed E-state index contributed by atoms with van der Waals surface area (Å²) >= 11 is 0. The fraction of sp³-hybridized carbons (Fsp3) is 0.400. The van der Waals surface area contributed by atoms with Crippen molar-refractivity contribution in [2.24, 2.45) is 0 Å². The van der Waals surface area contributed by atoms with Crippen LogP contribution in [0.2, 0.25) is 0 Å². The lowest BCUT2D eigenvalue weighted by molar-refractivity contribution is -0.385. The zero-order valence-electron chi connectivity index (χ0n) is 9.72. The predicted octanol–water partition coefficient (Wildman–Crippen LogP) is 1.57. The van der Waals surface area contributed by atoms with E-state index in [1.165, 1.54) is 26.1 Å². The fourth-order valence-corrected chi connectivity index (χ4v) is 1.15. The van der Waals surface area contributed by atoms with Gasteiger partial charge in [-0.25, -0.2) is 9.78 Å². The van der Waals surface area contributed by atoms with Gasteiger partial charge in [-0.2, -0.15) is 0 Å². The molecule has 0 aliphatic carbocycles. The summed E-state index contributed by atoms with van der Waals surface area (Å²) in [5.74, 6) is -0.905. The molecule has 0 aliphatic heterocycles. The van der Waals surface area contributed by atoms with Crippen molar-refractivity contribution in [2.75, 3.05) is 5.32 Å². The van der Waals surface area contributed by atoms with E-state index < -0.39 is 16.4 Å². The van der Waals surface area contributed by atoms with E-state index in [2.05, 4.69) is 10.3 Å². The van der Waals surface area contributed by atoms with Gasteiger partial charge in [0.1, 0.15) is 11.4 Å². The van der Waals surface area contributed by atoms with Crippen molar-refractivity contribution in [3.05, 3.63) is 27.9 Å². The summed E-state index contributed by atoms with van der Waals surface area (Å²) in [6.45, 7) is 4.46. The van der Waals surface area contributed by atoms with Gasteiger partial charge in [0.15, 0.2) is 0 Å². The zero-order valence-corrected chi connectivity index (χ0v) is 9.72. The molecule has 0 fully saturated rings. The van der Waals surface area contributed by atoms with Crippen LogP contribution in [0.15, 0.2) is 12.3 Å². The number of pyridine rings is 1. The highest BCUT2D eigenvalue weighted by atomic mass is 16.6. The van der Waals surface area contributed by atoms with Crippen LogP contribution in [-0.4, -0.2) is 26.5 Å². The maximum atomic E-state index is 10.9. The third kappa shape index (κ3) is 2.90. The summed E-state index contributed by atoms with van der Waals surface area (Å²) in [4.78, 5) is 25.0. The van der Waals surface area contributed by atoms with Crippen molar-refractivity contribution in [1.82, 2.24) is 4.98 Å². The Bertz CT molecular complexity index is 471. The molecule has 0 radical (unpaired) electrons. The predicted molar refractivity (Wildman–Crippen MR) is 61.0 cm³/mol. The summed E-state index contributed by atoms with van der Waals surface area (Å²) in [7, 11) is 0. The first kappa shape index (κ1) is 12.9. The average Bonchev–Trinajstić information content (AvgIpc) is 2.20. The largest absolute Gasteiger partial charge is 0.480 e. The molecular formula is C10H13N3O4. The highest BCUT2D eigenvalue weighted by Gasteiger charge is 2.27. The summed E-state index contributed by atoms with van der Waals surface area (Å²) in [5, 5.41) is 22.2. The quantitative estimate of drug-likeness (QED) is 0.610. The van der Waals surface area contributed by atoms with Crippen molar-refractivity contribution in [3.63, 3.8) is 0 Å². The Balaban J connectivity index is 3.05. The van der Waals surface area contributed by atoms with Crippen LogP contribution >= 0.6 is 0 Å². The number of carboxylic acid groups (broad SMARTS) is 1. The lowest BCUT2D eigenvalue weighted by Gasteiger charge is -2.21. The first-order chi connectivity index (χ1) is 7.74. The molecule has 0 atom stereocenters. The number of anilines is 1. The molecule has 2 N–H and O–H groups in total. The lowest BCUT2D eigenvalue weighted by Crippen LogP contribution is -2.40. The number of nitrogens with one attached hydrogen (secondary N) is 1. The molecule has 0 aromatic carbocycles. The molecule has 1 aromatic heterocycles. The van der Waals surface area contributed by atoms with Crippen molar-refractivity contribution in [1.29, 1.82) is 0 Å². The van der Waals surface area contributed by atoms with Crippen LogP contribution in [0, 0.1) is 17.0 Å². The number of hydrogen-bond acceptors (Lipinski definition) is 5.